The van der Waals surface area contributed by atoms with Crippen LogP contribution in [0.2, 0.25) is 0 Å². The molecule has 3 amide bonds. The van der Waals surface area contributed by atoms with E-state index in [2.05, 4.69) is 20.5 Å². The summed E-state index contributed by atoms with van der Waals surface area (Å²) in [7, 11) is 0. The Morgan fingerprint density at radius 3 is 2.24 bits per heavy atom. The SMILES string of the molecule is O=C(Nc1cc(C(=O)N2CCCNCC2)ccc1N1CCCN(C(=O)c2ccncc2)CC1)c1ccc(F)c(F)c1. The highest BCUT2D eigenvalue weighted by molar-refractivity contribution is 6.07. The number of pyridine rings is 1. The Balaban J connectivity index is 1.41. The number of carbonyl (C=O) groups is 3. The van der Waals surface area contributed by atoms with Crippen LogP contribution >= 0.6 is 0 Å². The van der Waals surface area contributed by atoms with Gasteiger partial charge in [0, 0.05) is 74.9 Å². The van der Waals surface area contributed by atoms with Crippen LogP contribution in [0.5, 0.6) is 0 Å². The molecular weight excluding hydrogens is 530 g/mol. The molecule has 1 aromatic heterocycles. The highest BCUT2D eigenvalue weighted by atomic mass is 19.2. The summed E-state index contributed by atoms with van der Waals surface area (Å²) in [5, 5.41) is 6.10. The van der Waals surface area contributed by atoms with Crippen molar-refractivity contribution in [3.63, 3.8) is 0 Å². The zero-order valence-corrected chi connectivity index (χ0v) is 22.6. The first-order valence-corrected chi connectivity index (χ1v) is 13.8. The Kier molecular flexibility index (Phi) is 8.83. The third-order valence-corrected chi connectivity index (χ3v) is 7.35. The summed E-state index contributed by atoms with van der Waals surface area (Å²) in [6.07, 6.45) is 4.70. The zero-order valence-electron chi connectivity index (χ0n) is 22.6. The van der Waals surface area contributed by atoms with Crippen LogP contribution in [0.4, 0.5) is 20.2 Å². The molecule has 0 spiro atoms. The van der Waals surface area contributed by atoms with Gasteiger partial charge in [-0.3, -0.25) is 19.4 Å². The Bertz CT molecular complexity index is 1410. The van der Waals surface area contributed by atoms with Gasteiger partial charge in [0.25, 0.3) is 17.7 Å². The van der Waals surface area contributed by atoms with Crippen molar-refractivity contribution >= 4 is 29.1 Å². The van der Waals surface area contributed by atoms with Crippen LogP contribution in [0.1, 0.15) is 43.9 Å². The van der Waals surface area contributed by atoms with Crippen molar-refractivity contribution < 1.29 is 23.2 Å². The number of nitrogens with one attached hydrogen (secondary N) is 2. The fourth-order valence-electron chi connectivity index (χ4n) is 5.15. The molecule has 2 N–H and O–H groups in total. The first-order valence-electron chi connectivity index (χ1n) is 13.8. The Hall–Kier alpha value is -4.38. The number of hydrogen-bond acceptors (Lipinski definition) is 6. The fraction of sp³-hybridized carbons (Fsp3) is 0.333. The Labute approximate surface area is 237 Å². The number of hydrogen-bond donors (Lipinski definition) is 2. The van der Waals surface area contributed by atoms with Gasteiger partial charge in [-0.2, -0.15) is 0 Å². The van der Waals surface area contributed by atoms with E-state index >= 15 is 0 Å². The molecule has 9 nitrogen and oxygen atoms in total. The predicted molar refractivity (Wildman–Crippen MR) is 151 cm³/mol. The first-order chi connectivity index (χ1) is 19.9. The van der Waals surface area contributed by atoms with Gasteiger partial charge in [-0.05, 0) is 67.9 Å². The van der Waals surface area contributed by atoms with E-state index in [-0.39, 0.29) is 17.4 Å². The number of amides is 3. The lowest BCUT2D eigenvalue weighted by Gasteiger charge is -2.27. The topological polar surface area (TPSA) is 97.9 Å². The average Bonchev–Trinajstić information content (AvgIpc) is 3.42. The molecule has 0 bridgehead atoms. The van der Waals surface area contributed by atoms with Crippen molar-refractivity contribution in [2.75, 3.05) is 62.6 Å². The smallest absolute Gasteiger partial charge is 0.255 e. The Morgan fingerprint density at radius 2 is 1.44 bits per heavy atom. The van der Waals surface area contributed by atoms with Crippen LogP contribution in [0.25, 0.3) is 0 Å². The van der Waals surface area contributed by atoms with Crippen molar-refractivity contribution in [2.24, 2.45) is 0 Å². The summed E-state index contributed by atoms with van der Waals surface area (Å²) in [4.78, 5) is 49.1. The van der Waals surface area contributed by atoms with Crippen LogP contribution < -0.4 is 15.5 Å². The van der Waals surface area contributed by atoms with Gasteiger partial charge in [0.1, 0.15) is 0 Å². The molecule has 2 aliphatic rings. The van der Waals surface area contributed by atoms with Crippen LogP contribution in [0.15, 0.2) is 60.9 Å². The number of halogens is 2. The molecule has 11 heteroatoms. The fourth-order valence-corrected chi connectivity index (χ4v) is 5.15. The van der Waals surface area contributed by atoms with Gasteiger partial charge in [-0.25, -0.2) is 8.78 Å². The number of benzene rings is 2. The van der Waals surface area contributed by atoms with E-state index in [9.17, 15) is 23.2 Å². The second kappa shape index (κ2) is 12.9. The monoisotopic (exact) mass is 562 g/mol. The number of nitrogens with zero attached hydrogens (tertiary/aromatic N) is 4. The summed E-state index contributed by atoms with van der Waals surface area (Å²) < 4.78 is 27.4. The van der Waals surface area contributed by atoms with Gasteiger partial charge in [0.05, 0.1) is 11.4 Å². The summed E-state index contributed by atoms with van der Waals surface area (Å²) in [5.41, 5.74) is 2.00. The molecule has 0 radical (unpaired) electrons. The predicted octanol–water partition coefficient (Wildman–Crippen LogP) is 3.40. The van der Waals surface area contributed by atoms with E-state index in [0.29, 0.717) is 74.7 Å². The van der Waals surface area contributed by atoms with Crippen LogP contribution in [-0.4, -0.2) is 84.9 Å². The third-order valence-electron chi connectivity index (χ3n) is 7.35. The van der Waals surface area contributed by atoms with Gasteiger partial charge in [0.15, 0.2) is 11.6 Å². The second-order valence-electron chi connectivity index (χ2n) is 10.1. The number of rotatable bonds is 5. The second-order valence-corrected chi connectivity index (χ2v) is 10.1. The molecule has 214 valence electrons. The van der Waals surface area contributed by atoms with Gasteiger partial charge in [-0.1, -0.05) is 0 Å². The van der Waals surface area contributed by atoms with Crippen LogP contribution in [-0.2, 0) is 0 Å². The maximum absolute atomic E-state index is 13.9. The van der Waals surface area contributed by atoms with E-state index in [1.54, 1.807) is 52.5 Å². The molecule has 0 atom stereocenters. The molecule has 3 heterocycles. The summed E-state index contributed by atoms with van der Waals surface area (Å²) in [5.74, 6) is -3.01. The van der Waals surface area contributed by atoms with E-state index in [4.69, 9.17) is 0 Å². The summed E-state index contributed by atoms with van der Waals surface area (Å²) in [6, 6.07) is 11.5. The van der Waals surface area contributed by atoms with Gasteiger partial charge in [0.2, 0.25) is 0 Å². The first kappa shape index (κ1) is 28.2. The van der Waals surface area contributed by atoms with Crippen molar-refractivity contribution in [3.05, 3.63) is 89.2 Å². The van der Waals surface area contributed by atoms with E-state index < -0.39 is 17.5 Å². The van der Waals surface area contributed by atoms with Crippen molar-refractivity contribution in [1.82, 2.24) is 20.1 Å². The van der Waals surface area contributed by atoms with E-state index in [0.717, 1.165) is 25.1 Å². The minimum Gasteiger partial charge on any atom is -0.368 e. The van der Waals surface area contributed by atoms with Gasteiger partial charge < -0.3 is 25.3 Å². The molecule has 0 saturated carbocycles. The minimum absolute atomic E-state index is 0.0461. The molecule has 0 aliphatic carbocycles. The Morgan fingerprint density at radius 1 is 0.707 bits per heavy atom. The molecule has 5 rings (SSSR count). The van der Waals surface area contributed by atoms with Gasteiger partial charge in [-0.15, -0.1) is 0 Å². The minimum atomic E-state index is -1.12. The summed E-state index contributed by atoms with van der Waals surface area (Å²) >= 11 is 0. The lowest BCUT2D eigenvalue weighted by atomic mass is 10.1. The molecular formula is C30H32F2N6O3. The quantitative estimate of drug-likeness (QED) is 0.495. The molecule has 2 saturated heterocycles. The molecule has 2 aliphatic heterocycles. The largest absolute Gasteiger partial charge is 0.368 e. The normalized spacial score (nSPS) is 16.1. The van der Waals surface area contributed by atoms with Gasteiger partial charge >= 0.3 is 0 Å². The molecule has 3 aromatic rings. The summed E-state index contributed by atoms with van der Waals surface area (Å²) in [6.45, 7) is 4.87. The van der Waals surface area contributed by atoms with Crippen molar-refractivity contribution in [2.45, 2.75) is 12.8 Å². The maximum Gasteiger partial charge on any atom is 0.255 e. The van der Waals surface area contributed by atoms with Crippen LogP contribution in [0.3, 0.4) is 0 Å². The molecule has 41 heavy (non-hydrogen) atoms. The van der Waals surface area contributed by atoms with Crippen molar-refractivity contribution in [3.8, 4) is 0 Å². The molecule has 0 unspecified atom stereocenters. The van der Waals surface area contributed by atoms with E-state index in [1.807, 2.05) is 0 Å². The molecule has 2 fully saturated rings. The van der Waals surface area contributed by atoms with E-state index in [1.165, 1.54) is 6.07 Å². The highest BCUT2D eigenvalue weighted by Crippen LogP contribution is 2.30. The average molecular weight is 563 g/mol. The van der Waals surface area contributed by atoms with Crippen molar-refractivity contribution in [1.29, 1.82) is 0 Å². The molecule has 2 aromatic carbocycles. The number of aromatic nitrogens is 1. The standard InChI is InChI=1S/C30H32F2N6O3/c31-24-5-3-22(19-25(24)32)28(39)35-26-20-23(30(41)37-13-1-9-33-12-16-37)4-6-27(26)36-14-2-15-38(18-17-36)29(40)21-7-10-34-11-8-21/h3-8,10-11,19-20,33H,1-2,9,12-18H2,(H,35,39). The number of anilines is 2. The lowest BCUT2D eigenvalue weighted by Crippen LogP contribution is -2.35. The maximum atomic E-state index is 13.9. The third kappa shape index (κ3) is 6.68. The highest BCUT2D eigenvalue weighted by Gasteiger charge is 2.24. The lowest BCUT2D eigenvalue weighted by molar-refractivity contribution is 0.0759. The number of carbonyl (C=O) groups excluding carboxylic acids is 3. The van der Waals surface area contributed by atoms with Crippen LogP contribution in [0, 0.1) is 11.6 Å². The zero-order chi connectivity index (χ0) is 28.8.